The molecule has 1 unspecified atom stereocenters. The van der Waals surface area contributed by atoms with Gasteiger partial charge in [-0.25, -0.2) is 8.42 Å². The topological polar surface area (TPSA) is 66.8 Å². The molecule has 0 amide bonds. The zero-order valence-electron chi connectivity index (χ0n) is 12.2. The van der Waals surface area contributed by atoms with Gasteiger partial charge in [0.2, 0.25) is 10.0 Å². The minimum absolute atomic E-state index is 0.284. The van der Waals surface area contributed by atoms with Gasteiger partial charge in [0.15, 0.2) is 0 Å². The Bertz CT molecular complexity index is 643. The van der Waals surface area contributed by atoms with Crippen LogP contribution in [0.15, 0.2) is 18.2 Å². The van der Waals surface area contributed by atoms with Crippen LogP contribution in [0.5, 0.6) is 0 Å². The Labute approximate surface area is 135 Å². The van der Waals surface area contributed by atoms with E-state index in [1.54, 1.807) is 0 Å². The van der Waals surface area contributed by atoms with Crippen molar-refractivity contribution in [2.24, 2.45) is 0 Å². The number of halogens is 1. The molecule has 0 bridgehead atoms. The summed E-state index contributed by atoms with van der Waals surface area (Å²) in [6.07, 6.45) is 0.934. The molecule has 1 aromatic carbocycles. The molecule has 1 saturated heterocycles. The number of aliphatic hydroxyl groups excluding tert-OH is 1. The van der Waals surface area contributed by atoms with E-state index in [9.17, 15) is 13.5 Å². The zero-order valence-corrected chi connectivity index (χ0v) is 13.8. The first-order chi connectivity index (χ1) is 10.5. The molecule has 0 aromatic heterocycles. The molecule has 2 aliphatic rings. The van der Waals surface area contributed by atoms with E-state index < -0.39 is 16.1 Å². The van der Waals surface area contributed by atoms with Crippen LogP contribution in [0.3, 0.4) is 0 Å². The van der Waals surface area contributed by atoms with Crippen molar-refractivity contribution in [1.82, 2.24) is 4.31 Å². The van der Waals surface area contributed by atoms with Crippen molar-refractivity contribution in [2.45, 2.75) is 38.0 Å². The van der Waals surface area contributed by atoms with E-state index in [0.29, 0.717) is 31.1 Å². The van der Waals surface area contributed by atoms with Crippen LogP contribution in [0, 0.1) is 0 Å². The molecular weight excluding hydrogens is 326 g/mol. The van der Waals surface area contributed by atoms with Crippen LogP contribution in [0.2, 0.25) is 5.02 Å². The van der Waals surface area contributed by atoms with Crippen LogP contribution >= 0.6 is 11.6 Å². The van der Waals surface area contributed by atoms with Crippen LogP contribution in [0.1, 0.15) is 24.0 Å². The average molecular weight is 346 g/mol. The van der Waals surface area contributed by atoms with Crippen molar-refractivity contribution in [3.05, 3.63) is 34.3 Å². The highest BCUT2D eigenvalue weighted by Gasteiger charge is 2.33. The summed E-state index contributed by atoms with van der Waals surface area (Å²) in [6.45, 7) is 1.35. The number of nitrogens with zero attached hydrogens (tertiary/aromatic N) is 1. The minimum atomic E-state index is -3.52. The van der Waals surface area contributed by atoms with Gasteiger partial charge in [0.25, 0.3) is 0 Å². The fraction of sp³-hybridized carbons (Fsp3) is 0.600. The molecule has 0 radical (unpaired) electrons. The Kier molecular flexibility index (Phi) is 4.75. The number of ether oxygens (including phenoxy) is 1. The van der Waals surface area contributed by atoms with E-state index in [4.69, 9.17) is 16.3 Å². The lowest BCUT2D eigenvalue weighted by molar-refractivity contribution is 0.00968. The summed E-state index contributed by atoms with van der Waals surface area (Å²) in [4.78, 5) is 0. The maximum atomic E-state index is 12.5. The number of aliphatic hydroxyl groups is 1. The lowest BCUT2D eigenvalue weighted by atomic mass is 10.0. The van der Waals surface area contributed by atoms with Gasteiger partial charge in [-0.3, -0.25) is 0 Å². The maximum Gasteiger partial charge on any atom is 0.217 e. The molecule has 2 atom stereocenters. The lowest BCUT2D eigenvalue weighted by Gasteiger charge is -2.29. The fourth-order valence-corrected chi connectivity index (χ4v) is 4.83. The average Bonchev–Trinajstić information content (AvgIpc) is 3.00. The first-order valence-electron chi connectivity index (χ1n) is 7.50. The third kappa shape index (κ3) is 3.46. The first-order valence-corrected chi connectivity index (χ1v) is 9.49. The molecule has 0 aliphatic carbocycles. The number of benzene rings is 1. The third-order valence-corrected chi connectivity index (χ3v) is 6.41. The highest BCUT2D eigenvalue weighted by atomic mass is 35.5. The number of fused-ring (bicyclic) bond motifs is 1. The predicted molar refractivity (Wildman–Crippen MR) is 84.3 cm³/mol. The summed E-state index contributed by atoms with van der Waals surface area (Å²) >= 11 is 5.98. The van der Waals surface area contributed by atoms with Gasteiger partial charge in [-0.2, -0.15) is 4.31 Å². The summed E-state index contributed by atoms with van der Waals surface area (Å²) in [7, 11) is -3.52. The summed E-state index contributed by atoms with van der Waals surface area (Å²) in [6, 6.07) is 5.59. The van der Waals surface area contributed by atoms with Gasteiger partial charge in [-0.15, -0.1) is 0 Å². The predicted octanol–water partition coefficient (Wildman–Crippen LogP) is 1.57. The SMILES string of the molecule is O=S(=O)(CC(O)[C@H]1CCCO1)N1CCc2ccc(Cl)cc2C1. The largest absolute Gasteiger partial charge is 0.389 e. The van der Waals surface area contributed by atoms with Gasteiger partial charge in [-0.1, -0.05) is 17.7 Å². The van der Waals surface area contributed by atoms with Crippen LogP contribution in [-0.4, -0.2) is 48.9 Å². The van der Waals surface area contributed by atoms with Gasteiger partial charge in [0.05, 0.1) is 18.0 Å². The van der Waals surface area contributed by atoms with Crippen molar-refractivity contribution in [3.63, 3.8) is 0 Å². The molecule has 5 nitrogen and oxygen atoms in total. The fourth-order valence-electron chi connectivity index (χ4n) is 3.07. The highest BCUT2D eigenvalue weighted by Crippen LogP contribution is 2.25. The zero-order chi connectivity index (χ0) is 15.7. The minimum Gasteiger partial charge on any atom is -0.389 e. The molecule has 1 fully saturated rings. The molecule has 1 aromatic rings. The van der Waals surface area contributed by atoms with Crippen molar-refractivity contribution in [2.75, 3.05) is 18.9 Å². The molecule has 2 aliphatic heterocycles. The van der Waals surface area contributed by atoms with Crippen molar-refractivity contribution >= 4 is 21.6 Å². The molecule has 1 N–H and O–H groups in total. The monoisotopic (exact) mass is 345 g/mol. The van der Waals surface area contributed by atoms with E-state index in [1.165, 1.54) is 4.31 Å². The molecule has 0 spiro atoms. The Morgan fingerprint density at radius 2 is 2.23 bits per heavy atom. The van der Waals surface area contributed by atoms with Crippen LogP contribution < -0.4 is 0 Å². The van der Waals surface area contributed by atoms with Gasteiger partial charge in [0.1, 0.15) is 0 Å². The standard InChI is InChI=1S/C15H20ClNO4S/c16-13-4-3-11-5-6-17(9-12(11)8-13)22(19,20)10-14(18)15-2-1-7-21-15/h3-4,8,14-15,18H,1-2,5-7,9-10H2/t14?,15-/m1/s1. The van der Waals surface area contributed by atoms with Crippen LogP contribution in [-0.2, 0) is 27.7 Å². The second-order valence-electron chi connectivity index (χ2n) is 5.89. The molecular formula is C15H20ClNO4S. The lowest BCUT2D eigenvalue weighted by Crippen LogP contribution is -2.42. The molecule has 7 heteroatoms. The van der Waals surface area contributed by atoms with Gasteiger partial charge in [-0.05, 0) is 42.5 Å². The third-order valence-electron chi connectivity index (χ3n) is 4.31. The van der Waals surface area contributed by atoms with E-state index in [-0.39, 0.29) is 11.9 Å². The Balaban J connectivity index is 1.70. The first kappa shape index (κ1) is 16.2. The van der Waals surface area contributed by atoms with Crippen LogP contribution in [0.25, 0.3) is 0 Å². The van der Waals surface area contributed by atoms with Crippen molar-refractivity contribution in [1.29, 1.82) is 0 Å². The summed E-state index contributed by atoms with van der Waals surface area (Å²) in [5, 5.41) is 10.7. The summed E-state index contributed by atoms with van der Waals surface area (Å²) < 4.78 is 31.9. The molecule has 3 rings (SSSR count). The summed E-state index contributed by atoms with van der Waals surface area (Å²) in [5.74, 6) is -0.284. The molecule has 122 valence electrons. The van der Waals surface area contributed by atoms with E-state index in [2.05, 4.69) is 0 Å². The van der Waals surface area contributed by atoms with Gasteiger partial charge < -0.3 is 9.84 Å². The second kappa shape index (κ2) is 6.45. The van der Waals surface area contributed by atoms with E-state index in [1.807, 2.05) is 18.2 Å². The normalized spacial score (nSPS) is 24.2. The quantitative estimate of drug-likeness (QED) is 0.899. The number of sulfonamides is 1. The number of rotatable bonds is 4. The van der Waals surface area contributed by atoms with Crippen molar-refractivity contribution < 1.29 is 18.3 Å². The Hall–Kier alpha value is -0.660. The maximum absolute atomic E-state index is 12.5. The van der Waals surface area contributed by atoms with E-state index >= 15 is 0 Å². The van der Waals surface area contributed by atoms with Gasteiger partial charge >= 0.3 is 0 Å². The second-order valence-corrected chi connectivity index (χ2v) is 8.34. The van der Waals surface area contributed by atoms with Crippen LogP contribution in [0.4, 0.5) is 0 Å². The molecule has 2 heterocycles. The Morgan fingerprint density at radius 3 is 2.95 bits per heavy atom. The van der Waals surface area contributed by atoms with Crippen molar-refractivity contribution in [3.8, 4) is 0 Å². The van der Waals surface area contributed by atoms with E-state index in [0.717, 1.165) is 24.0 Å². The molecule has 0 saturated carbocycles. The smallest absolute Gasteiger partial charge is 0.217 e. The molecule has 22 heavy (non-hydrogen) atoms. The number of hydrogen-bond acceptors (Lipinski definition) is 4. The number of hydrogen-bond donors (Lipinski definition) is 1. The summed E-state index contributed by atoms with van der Waals surface area (Å²) in [5.41, 5.74) is 2.07. The Morgan fingerprint density at radius 1 is 1.41 bits per heavy atom. The highest BCUT2D eigenvalue weighted by molar-refractivity contribution is 7.89. The van der Waals surface area contributed by atoms with Gasteiger partial charge in [0, 0.05) is 24.7 Å².